The molecule has 0 radical (unpaired) electrons. The Morgan fingerprint density at radius 3 is 2.41 bits per heavy atom. The number of hydrogen-bond acceptors (Lipinski definition) is 1. The lowest BCUT2D eigenvalue weighted by molar-refractivity contribution is 1.14. The number of hydrogen-bond donors (Lipinski definition) is 1. The van der Waals surface area contributed by atoms with Crippen molar-refractivity contribution in [3.63, 3.8) is 0 Å². The van der Waals surface area contributed by atoms with Crippen molar-refractivity contribution in [3.8, 4) is 0 Å². The summed E-state index contributed by atoms with van der Waals surface area (Å²) in [6.07, 6.45) is 0. The van der Waals surface area contributed by atoms with Gasteiger partial charge in [0.05, 0.1) is 0 Å². The van der Waals surface area contributed by atoms with Crippen molar-refractivity contribution in [1.82, 2.24) is 0 Å². The second-order valence-electron chi connectivity index (χ2n) is 3.96. The fourth-order valence-electron chi connectivity index (χ4n) is 1.57. The standard InChI is InChI=1S/C14H13Br2N/c1-10-2-7-13(16)14(8-10)17-9-11-3-5-12(15)6-4-11/h2-8,17H,9H2,1H3. The van der Waals surface area contributed by atoms with Gasteiger partial charge in [0, 0.05) is 21.2 Å². The maximum Gasteiger partial charge on any atom is 0.0489 e. The molecule has 0 aliphatic heterocycles. The molecule has 0 atom stereocenters. The molecule has 0 saturated heterocycles. The Labute approximate surface area is 119 Å². The van der Waals surface area contributed by atoms with Crippen LogP contribution in [-0.2, 0) is 6.54 Å². The van der Waals surface area contributed by atoms with Crippen LogP contribution >= 0.6 is 31.9 Å². The monoisotopic (exact) mass is 353 g/mol. The number of benzene rings is 2. The molecule has 0 amide bonds. The second kappa shape index (κ2) is 5.69. The highest BCUT2D eigenvalue weighted by atomic mass is 79.9. The van der Waals surface area contributed by atoms with Crippen molar-refractivity contribution >= 4 is 37.5 Å². The number of anilines is 1. The van der Waals surface area contributed by atoms with Gasteiger partial charge in [0.25, 0.3) is 0 Å². The number of halogens is 2. The lowest BCUT2D eigenvalue weighted by atomic mass is 10.2. The molecule has 0 spiro atoms. The van der Waals surface area contributed by atoms with E-state index in [4.69, 9.17) is 0 Å². The Morgan fingerprint density at radius 1 is 1.00 bits per heavy atom. The highest BCUT2D eigenvalue weighted by Gasteiger charge is 1.99. The summed E-state index contributed by atoms with van der Waals surface area (Å²) in [5.41, 5.74) is 3.65. The first-order valence-corrected chi connectivity index (χ1v) is 6.98. The van der Waals surface area contributed by atoms with Gasteiger partial charge >= 0.3 is 0 Å². The van der Waals surface area contributed by atoms with Crippen molar-refractivity contribution in [2.75, 3.05) is 5.32 Å². The minimum absolute atomic E-state index is 0.829. The summed E-state index contributed by atoms with van der Waals surface area (Å²) in [6, 6.07) is 14.6. The van der Waals surface area contributed by atoms with Crippen molar-refractivity contribution in [3.05, 3.63) is 62.5 Å². The molecule has 0 saturated carbocycles. The van der Waals surface area contributed by atoms with E-state index in [1.807, 2.05) is 0 Å². The van der Waals surface area contributed by atoms with E-state index in [1.165, 1.54) is 11.1 Å². The predicted octanol–water partition coefficient (Wildman–Crippen LogP) is 5.13. The van der Waals surface area contributed by atoms with E-state index >= 15 is 0 Å². The van der Waals surface area contributed by atoms with Crippen LogP contribution in [0.3, 0.4) is 0 Å². The van der Waals surface area contributed by atoms with Crippen molar-refractivity contribution < 1.29 is 0 Å². The first kappa shape index (κ1) is 12.7. The fraction of sp³-hybridized carbons (Fsp3) is 0.143. The van der Waals surface area contributed by atoms with Crippen LogP contribution in [-0.4, -0.2) is 0 Å². The normalized spacial score (nSPS) is 10.3. The quantitative estimate of drug-likeness (QED) is 0.805. The Bertz CT molecular complexity index is 506. The molecule has 3 heteroatoms. The largest absolute Gasteiger partial charge is 0.380 e. The summed E-state index contributed by atoms with van der Waals surface area (Å²) in [5.74, 6) is 0. The molecule has 1 nitrogen and oxygen atoms in total. The van der Waals surface area contributed by atoms with Crippen LogP contribution in [0, 0.1) is 6.92 Å². The van der Waals surface area contributed by atoms with Gasteiger partial charge in [0.2, 0.25) is 0 Å². The smallest absolute Gasteiger partial charge is 0.0489 e. The third-order valence-corrected chi connectivity index (χ3v) is 3.74. The first-order valence-electron chi connectivity index (χ1n) is 5.39. The lowest BCUT2D eigenvalue weighted by Gasteiger charge is -2.09. The summed E-state index contributed by atoms with van der Waals surface area (Å²) in [4.78, 5) is 0. The van der Waals surface area contributed by atoms with Crippen molar-refractivity contribution in [1.29, 1.82) is 0 Å². The van der Waals surface area contributed by atoms with Crippen LogP contribution in [0.2, 0.25) is 0 Å². The summed E-state index contributed by atoms with van der Waals surface area (Å²) in [6.45, 7) is 2.92. The van der Waals surface area contributed by atoms with Crippen LogP contribution in [0.5, 0.6) is 0 Å². The van der Waals surface area contributed by atoms with E-state index in [0.717, 1.165) is 21.2 Å². The van der Waals surface area contributed by atoms with Gasteiger partial charge in [-0.3, -0.25) is 0 Å². The molecule has 0 aliphatic rings. The summed E-state index contributed by atoms with van der Waals surface area (Å²) < 4.78 is 2.21. The van der Waals surface area contributed by atoms with Crippen LogP contribution in [0.25, 0.3) is 0 Å². The third kappa shape index (κ3) is 3.58. The van der Waals surface area contributed by atoms with E-state index in [2.05, 4.69) is 86.6 Å². The summed E-state index contributed by atoms with van der Waals surface area (Å²) in [5, 5.41) is 3.43. The van der Waals surface area contributed by atoms with Crippen LogP contribution in [0.15, 0.2) is 51.4 Å². The van der Waals surface area contributed by atoms with E-state index < -0.39 is 0 Å². The van der Waals surface area contributed by atoms with E-state index in [9.17, 15) is 0 Å². The van der Waals surface area contributed by atoms with Gasteiger partial charge in [-0.25, -0.2) is 0 Å². The van der Waals surface area contributed by atoms with Gasteiger partial charge in [-0.2, -0.15) is 0 Å². The number of rotatable bonds is 3. The SMILES string of the molecule is Cc1ccc(Br)c(NCc2ccc(Br)cc2)c1. The van der Waals surface area contributed by atoms with Gasteiger partial charge in [0.15, 0.2) is 0 Å². The van der Waals surface area contributed by atoms with E-state index in [0.29, 0.717) is 0 Å². The van der Waals surface area contributed by atoms with Crippen LogP contribution < -0.4 is 5.32 Å². The van der Waals surface area contributed by atoms with Gasteiger partial charge in [-0.15, -0.1) is 0 Å². The van der Waals surface area contributed by atoms with Crippen molar-refractivity contribution in [2.24, 2.45) is 0 Å². The van der Waals surface area contributed by atoms with Gasteiger partial charge < -0.3 is 5.32 Å². The molecule has 0 aromatic heterocycles. The third-order valence-electron chi connectivity index (χ3n) is 2.52. The Morgan fingerprint density at radius 2 is 1.71 bits per heavy atom. The lowest BCUT2D eigenvalue weighted by Crippen LogP contribution is -2.00. The molecule has 0 unspecified atom stereocenters. The zero-order valence-electron chi connectivity index (χ0n) is 9.50. The number of nitrogens with one attached hydrogen (secondary N) is 1. The molecule has 0 aliphatic carbocycles. The average Bonchev–Trinajstić information content (AvgIpc) is 2.32. The highest BCUT2D eigenvalue weighted by molar-refractivity contribution is 9.10. The Kier molecular flexibility index (Phi) is 4.24. The number of aryl methyl sites for hydroxylation is 1. The predicted molar refractivity (Wildman–Crippen MR) is 80.3 cm³/mol. The van der Waals surface area contributed by atoms with Crippen LogP contribution in [0.4, 0.5) is 5.69 Å². The Balaban J connectivity index is 2.07. The van der Waals surface area contributed by atoms with E-state index in [1.54, 1.807) is 0 Å². The zero-order chi connectivity index (χ0) is 12.3. The molecule has 88 valence electrons. The van der Waals surface area contributed by atoms with Crippen LogP contribution in [0.1, 0.15) is 11.1 Å². The highest BCUT2D eigenvalue weighted by Crippen LogP contribution is 2.24. The molecule has 2 aromatic rings. The zero-order valence-corrected chi connectivity index (χ0v) is 12.7. The fourth-order valence-corrected chi connectivity index (χ4v) is 2.23. The molecule has 2 aromatic carbocycles. The first-order chi connectivity index (χ1) is 8.15. The average molecular weight is 355 g/mol. The molecule has 2 rings (SSSR count). The summed E-state index contributed by atoms with van der Waals surface area (Å²) in [7, 11) is 0. The maximum absolute atomic E-state index is 3.55. The minimum Gasteiger partial charge on any atom is -0.380 e. The Hall–Kier alpha value is -0.800. The second-order valence-corrected chi connectivity index (χ2v) is 5.73. The molecular weight excluding hydrogens is 342 g/mol. The van der Waals surface area contributed by atoms with Gasteiger partial charge in [-0.1, -0.05) is 34.1 Å². The molecule has 1 N–H and O–H groups in total. The molecule has 0 bridgehead atoms. The van der Waals surface area contributed by atoms with Gasteiger partial charge in [-0.05, 0) is 58.2 Å². The van der Waals surface area contributed by atoms with Gasteiger partial charge in [0.1, 0.15) is 0 Å². The topological polar surface area (TPSA) is 12.0 Å². The summed E-state index contributed by atoms with van der Waals surface area (Å²) >= 11 is 6.98. The van der Waals surface area contributed by atoms with E-state index in [-0.39, 0.29) is 0 Å². The van der Waals surface area contributed by atoms with Crippen molar-refractivity contribution in [2.45, 2.75) is 13.5 Å². The molecule has 17 heavy (non-hydrogen) atoms. The molecule has 0 heterocycles. The molecular formula is C14H13Br2N. The molecule has 0 fully saturated rings. The minimum atomic E-state index is 0.829. The maximum atomic E-state index is 3.55.